The first-order chi connectivity index (χ1) is 8.79. The van der Waals surface area contributed by atoms with Crippen LogP contribution in [0.1, 0.15) is 29.5 Å². The summed E-state index contributed by atoms with van der Waals surface area (Å²) in [6.07, 6.45) is 4.32. The number of benzene rings is 2. The molecule has 0 heterocycles. The number of hydrogen-bond acceptors (Lipinski definition) is 1. The number of rotatable bonds is 4. The molecule has 0 amide bonds. The lowest BCUT2D eigenvalue weighted by atomic mass is 10.00. The summed E-state index contributed by atoms with van der Waals surface area (Å²) < 4.78 is 0. The second-order valence-corrected chi connectivity index (χ2v) is 4.46. The van der Waals surface area contributed by atoms with Crippen molar-refractivity contribution >= 4 is 6.08 Å². The molecule has 0 aliphatic heterocycles. The van der Waals surface area contributed by atoms with Crippen molar-refractivity contribution in [2.45, 2.75) is 19.4 Å². The average molecular weight is 238 g/mol. The van der Waals surface area contributed by atoms with E-state index in [1.165, 1.54) is 5.56 Å². The van der Waals surface area contributed by atoms with E-state index in [0.29, 0.717) is 5.92 Å². The maximum atomic E-state index is 8.98. The van der Waals surface area contributed by atoms with E-state index >= 15 is 0 Å². The van der Waals surface area contributed by atoms with E-state index in [2.05, 4.69) is 43.3 Å². The van der Waals surface area contributed by atoms with Crippen molar-refractivity contribution in [2.24, 2.45) is 0 Å². The minimum Gasteiger partial charge on any atom is -0.392 e. The highest BCUT2D eigenvalue weighted by atomic mass is 16.3. The molecule has 0 fully saturated rings. The lowest BCUT2D eigenvalue weighted by molar-refractivity contribution is 0.282. The van der Waals surface area contributed by atoms with Gasteiger partial charge in [0.1, 0.15) is 0 Å². The average Bonchev–Trinajstić information content (AvgIpc) is 2.46. The molecule has 0 saturated carbocycles. The van der Waals surface area contributed by atoms with Crippen LogP contribution in [0.3, 0.4) is 0 Å². The third kappa shape index (κ3) is 3.31. The highest BCUT2D eigenvalue weighted by Crippen LogP contribution is 2.17. The monoisotopic (exact) mass is 238 g/mol. The molecule has 2 aromatic carbocycles. The van der Waals surface area contributed by atoms with Gasteiger partial charge in [-0.2, -0.15) is 0 Å². The molecule has 2 aromatic rings. The van der Waals surface area contributed by atoms with E-state index in [0.717, 1.165) is 11.1 Å². The van der Waals surface area contributed by atoms with Gasteiger partial charge in [0.25, 0.3) is 0 Å². The standard InChI is InChI=1S/C17H18O/c1-14(17-5-3-2-4-6-17)7-8-15-9-11-16(13-18)12-10-15/h2-12,14,18H,13H2,1H3/b8-7+. The molecule has 0 spiro atoms. The Balaban J connectivity index is 2.06. The van der Waals surface area contributed by atoms with Crippen molar-refractivity contribution in [2.75, 3.05) is 0 Å². The highest BCUT2D eigenvalue weighted by molar-refractivity contribution is 5.51. The zero-order valence-electron chi connectivity index (χ0n) is 10.6. The Morgan fingerprint density at radius 1 is 1.00 bits per heavy atom. The van der Waals surface area contributed by atoms with Crippen LogP contribution in [0, 0.1) is 0 Å². The Kier molecular flexibility index (Phi) is 4.32. The molecule has 0 aromatic heterocycles. The second kappa shape index (κ2) is 6.18. The van der Waals surface area contributed by atoms with E-state index in [1.54, 1.807) is 0 Å². The largest absolute Gasteiger partial charge is 0.392 e. The van der Waals surface area contributed by atoms with E-state index in [4.69, 9.17) is 5.11 Å². The van der Waals surface area contributed by atoms with Gasteiger partial charge in [-0.3, -0.25) is 0 Å². The Morgan fingerprint density at radius 2 is 1.67 bits per heavy atom. The molecule has 0 radical (unpaired) electrons. The summed E-state index contributed by atoms with van der Waals surface area (Å²) in [5.41, 5.74) is 3.43. The van der Waals surface area contributed by atoms with Crippen LogP contribution in [0.25, 0.3) is 6.08 Å². The van der Waals surface area contributed by atoms with Gasteiger partial charge in [0.15, 0.2) is 0 Å². The van der Waals surface area contributed by atoms with Gasteiger partial charge in [-0.15, -0.1) is 0 Å². The predicted molar refractivity (Wildman–Crippen MR) is 76.3 cm³/mol. The van der Waals surface area contributed by atoms with Gasteiger partial charge in [0, 0.05) is 0 Å². The highest BCUT2D eigenvalue weighted by Gasteiger charge is 1.99. The molecule has 0 bridgehead atoms. The van der Waals surface area contributed by atoms with Crippen molar-refractivity contribution in [1.29, 1.82) is 0 Å². The molecule has 92 valence electrons. The number of hydrogen-bond donors (Lipinski definition) is 1. The summed E-state index contributed by atoms with van der Waals surface area (Å²) in [4.78, 5) is 0. The first-order valence-corrected chi connectivity index (χ1v) is 6.22. The lowest BCUT2D eigenvalue weighted by Gasteiger charge is -2.06. The van der Waals surface area contributed by atoms with Crippen molar-refractivity contribution in [3.05, 3.63) is 77.4 Å². The number of aliphatic hydroxyl groups excluding tert-OH is 1. The van der Waals surface area contributed by atoms with Crippen LogP contribution in [-0.4, -0.2) is 5.11 Å². The maximum absolute atomic E-state index is 8.98. The molecule has 18 heavy (non-hydrogen) atoms. The summed E-state index contributed by atoms with van der Waals surface area (Å²) in [6.45, 7) is 2.29. The summed E-state index contributed by atoms with van der Waals surface area (Å²) in [5, 5.41) is 8.98. The fourth-order valence-electron chi connectivity index (χ4n) is 1.86. The molecule has 2 rings (SSSR count). The fraction of sp³-hybridized carbons (Fsp3) is 0.176. The first kappa shape index (κ1) is 12.6. The van der Waals surface area contributed by atoms with Gasteiger partial charge < -0.3 is 5.11 Å². The van der Waals surface area contributed by atoms with E-state index in [-0.39, 0.29) is 6.61 Å². The number of allylic oxidation sites excluding steroid dienone is 1. The topological polar surface area (TPSA) is 20.2 Å². The summed E-state index contributed by atoms with van der Waals surface area (Å²) in [7, 11) is 0. The molecule has 1 N–H and O–H groups in total. The van der Waals surface area contributed by atoms with Crippen molar-refractivity contribution < 1.29 is 5.11 Å². The molecule has 1 heteroatoms. The smallest absolute Gasteiger partial charge is 0.0681 e. The molecular weight excluding hydrogens is 220 g/mol. The van der Waals surface area contributed by atoms with Crippen molar-refractivity contribution in [3.63, 3.8) is 0 Å². The van der Waals surface area contributed by atoms with Gasteiger partial charge in [-0.25, -0.2) is 0 Å². The molecule has 1 unspecified atom stereocenters. The van der Waals surface area contributed by atoms with E-state index in [1.807, 2.05) is 30.3 Å². The maximum Gasteiger partial charge on any atom is 0.0681 e. The second-order valence-electron chi connectivity index (χ2n) is 4.46. The molecule has 1 atom stereocenters. The van der Waals surface area contributed by atoms with Crippen LogP contribution in [0.5, 0.6) is 0 Å². The van der Waals surface area contributed by atoms with Crippen molar-refractivity contribution in [3.8, 4) is 0 Å². The van der Waals surface area contributed by atoms with Crippen LogP contribution in [0.4, 0.5) is 0 Å². The minimum absolute atomic E-state index is 0.102. The third-order valence-corrected chi connectivity index (χ3v) is 3.06. The Morgan fingerprint density at radius 3 is 2.28 bits per heavy atom. The normalized spacial score (nSPS) is 12.8. The third-order valence-electron chi connectivity index (χ3n) is 3.06. The summed E-state index contributed by atoms with van der Waals surface area (Å²) in [6, 6.07) is 18.4. The summed E-state index contributed by atoms with van der Waals surface area (Å²) >= 11 is 0. The van der Waals surface area contributed by atoms with Crippen LogP contribution >= 0.6 is 0 Å². The molecular formula is C17H18O. The van der Waals surface area contributed by atoms with Gasteiger partial charge in [0.05, 0.1) is 6.61 Å². The Labute approximate surface area is 108 Å². The fourth-order valence-corrected chi connectivity index (χ4v) is 1.86. The first-order valence-electron chi connectivity index (χ1n) is 6.22. The quantitative estimate of drug-likeness (QED) is 0.853. The molecule has 0 saturated heterocycles. The van der Waals surface area contributed by atoms with Crippen LogP contribution in [0.15, 0.2) is 60.7 Å². The van der Waals surface area contributed by atoms with Crippen LogP contribution < -0.4 is 0 Å². The molecule has 1 nitrogen and oxygen atoms in total. The zero-order valence-corrected chi connectivity index (χ0v) is 10.6. The molecule has 0 aliphatic rings. The Bertz CT molecular complexity index is 497. The van der Waals surface area contributed by atoms with E-state index < -0.39 is 0 Å². The Hall–Kier alpha value is -1.86. The zero-order chi connectivity index (χ0) is 12.8. The predicted octanol–water partition coefficient (Wildman–Crippen LogP) is 4.00. The van der Waals surface area contributed by atoms with Crippen LogP contribution in [0.2, 0.25) is 0 Å². The van der Waals surface area contributed by atoms with Gasteiger partial charge in [0.2, 0.25) is 0 Å². The van der Waals surface area contributed by atoms with Gasteiger partial charge >= 0.3 is 0 Å². The SMILES string of the molecule is CC(/C=C/c1ccc(CO)cc1)c1ccccc1. The summed E-state index contributed by atoms with van der Waals surface area (Å²) in [5.74, 6) is 0.406. The van der Waals surface area contributed by atoms with Gasteiger partial charge in [-0.1, -0.05) is 73.7 Å². The number of aliphatic hydroxyl groups is 1. The minimum atomic E-state index is 0.102. The lowest BCUT2D eigenvalue weighted by Crippen LogP contribution is -1.87. The van der Waals surface area contributed by atoms with Gasteiger partial charge in [-0.05, 0) is 22.6 Å². The van der Waals surface area contributed by atoms with E-state index in [9.17, 15) is 0 Å². The van der Waals surface area contributed by atoms with Crippen LogP contribution in [-0.2, 0) is 6.61 Å². The molecule has 0 aliphatic carbocycles. The van der Waals surface area contributed by atoms with Crippen molar-refractivity contribution in [1.82, 2.24) is 0 Å².